The number of amides is 2. The molecule has 2 aromatic rings. The Balaban J connectivity index is 1.84. The molecular formula is C19H17Cl2FN2O3. The van der Waals surface area contributed by atoms with Crippen LogP contribution in [-0.4, -0.2) is 41.1 Å². The van der Waals surface area contributed by atoms with Gasteiger partial charge in [0.15, 0.2) is 0 Å². The average molecular weight is 411 g/mol. The molecule has 0 aromatic heterocycles. The summed E-state index contributed by atoms with van der Waals surface area (Å²) in [4.78, 5) is 25.2. The van der Waals surface area contributed by atoms with E-state index in [0.29, 0.717) is 29.1 Å². The lowest BCUT2D eigenvalue weighted by Crippen LogP contribution is -2.51. The third kappa shape index (κ3) is 4.51. The summed E-state index contributed by atoms with van der Waals surface area (Å²) in [5.74, 6) is -1.17. The molecule has 8 heteroatoms. The van der Waals surface area contributed by atoms with Gasteiger partial charge in [0, 0.05) is 35.6 Å². The summed E-state index contributed by atoms with van der Waals surface area (Å²) in [7, 11) is 0. The first-order chi connectivity index (χ1) is 12.8. The molecule has 1 saturated heterocycles. The van der Waals surface area contributed by atoms with Crippen molar-refractivity contribution in [2.75, 3.05) is 13.1 Å². The second-order valence-corrected chi connectivity index (χ2v) is 7.23. The lowest BCUT2D eigenvalue weighted by Gasteiger charge is -2.38. The smallest absolute Gasteiger partial charge is 0.407 e. The lowest BCUT2D eigenvalue weighted by molar-refractivity contribution is 0.0888. The second-order valence-electron chi connectivity index (χ2n) is 6.38. The zero-order chi connectivity index (χ0) is 19.6. The highest BCUT2D eigenvalue weighted by atomic mass is 35.5. The van der Waals surface area contributed by atoms with Gasteiger partial charge in [-0.05, 0) is 48.4 Å². The van der Waals surface area contributed by atoms with Gasteiger partial charge in [0.2, 0.25) is 0 Å². The van der Waals surface area contributed by atoms with Crippen LogP contribution in [0.15, 0.2) is 42.5 Å². The number of carbonyl (C=O) groups is 2. The summed E-state index contributed by atoms with van der Waals surface area (Å²) in [6, 6.07) is 10.5. The van der Waals surface area contributed by atoms with Gasteiger partial charge in [-0.1, -0.05) is 29.3 Å². The first kappa shape index (κ1) is 19.5. The van der Waals surface area contributed by atoms with Gasteiger partial charge in [0.05, 0.1) is 5.02 Å². The van der Waals surface area contributed by atoms with E-state index in [2.05, 4.69) is 5.32 Å². The summed E-state index contributed by atoms with van der Waals surface area (Å²) in [5.41, 5.74) is 1.13. The monoisotopic (exact) mass is 410 g/mol. The zero-order valence-electron chi connectivity index (χ0n) is 14.2. The first-order valence-electron chi connectivity index (χ1n) is 8.34. The number of nitrogens with zero attached hydrogens (tertiary/aromatic N) is 1. The number of halogens is 3. The van der Waals surface area contributed by atoms with Crippen LogP contribution in [0.4, 0.5) is 9.18 Å². The van der Waals surface area contributed by atoms with Crippen LogP contribution in [0.3, 0.4) is 0 Å². The zero-order valence-corrected chi connectivity index (χ0v) is 15.7. The van der Waals surface area contributed by atoms with E-state index in [4.69, 9.17) is 23.2 Å². The Kier molecular flexibility index (Phi) is 5.87. The number of rotatable bonds is 3. The quantitative estimate of drug-likeness (QED) is 0.787. The van der Waals surface area contributed by atoms with Gasteiger partial charge in [-0.3, -0.25) is 4.79 Å². The van der Waals surface area contributed by atoms with Crippen molar-refractivity contribution in [1.82, 2.24) is 10.2 Å². The molecule has 3 rings (SSSR count). The molecule has 1 aliphatic rings. The van der Waals surface area contributed by atoms with E-state index in [0.717, 1.165) is 0 Å². The Morgan fingerprint density at radius 3 is 2.48 bits per heavy atom. The minimum absolute atomic E-state index is 0.0391. The third-order valence-electron chi connectivity index (χ3n) is 4.68. The molecule has 0 unspecified atom stereocenters. The van der Waals surface area contributed by atoms with Gasteiger partial charge in [-0.2, -0.15) is 0 Å². The van der Waals surface area contributed by atoms with Crippen LogP contribution in [0.25, 0.3) is 0 Å². The van der Waals surface area contributed by atoms with Crippen molar-refractivity contribution >= 4 is 35.2 Å². The van der Waals surface area contributed by atoms with Crippen LogP contribution < -0.4 is 5.32 Å². The predicted molar refractivity (Wildman–Crippen MR) is 101 cm³/mol. The summed E-state index contributed by atoms with van der Waals surface area (Å²) in [5, 5.41) is 12.8. The Morgan fingerprint density at radius 2 is 1.85 bits per heavy atom. The van der Waals surface area contributed by atoms with E-state index in [9.17, 15) is 19.1 Å². The highest BCUT2D eigenvalue weighted by Gasteiger charge is 2.34. The molecule has 1 heterocycles. The van der Waals surface area contributed by atoms with E-state index in [-0.39, 0.29) is 29.4 Å². The standard InChI is InChI=1S/C19H17Cl2FN2O3/c20-13-4-1-11(2-5-13)18(25)23-17-7-8-24(19(26)27)10-14(17)12-3-6-16(22)15(21)9-12/h1-6,9,14,17H,7-8,10H2,(H,23,25)(H,26,27)/t14-,17+/m0/s1. The minimum atomic E-state index is -1.03. The van der Waals surface area contributed by atoms with Crippen molar-refractivity contribution in [3.63, 3.8) is 0 Å². The van der Waals surface area contributed by atoms with Crippen molar-refractivity contribution < 1.29 is 19.1 Å². The largest absolute Gasteiger partial charge is 0.465 e. The van der Waals surface area contributed by atoms with Crippen LogP contribution in [-0.2, 0) is 0 Å². The van der Waals surface area contributed by atoms with Crippen molar-refractivity contribution in [3.8, 4) is 0 Å². The van der Waals surface area contributed by atoms with Crippen LogP contribution in [0.5, 0.6) is 0 Å². The lowest BCUT2D eigenvalue weighted by atomic mass is 9.85. The Labute approximate surface area is 165 Å². The molecule has 0 saturated carbocycles. The van der Waals surface area contributed by atoms with Crippen LogP contribution in [0.2, 0.25) is 10.0 Å². The van der Waals surface area contributed by atoms with Crippen LogP contribution in [0, 0.1) is 5.82 Å². The van der Waals surface area contributed by atoms with E-state index < -0.39 is 11.9 Å². The predicted octanol–water partition coefficient (Wildman–Crippen LogP) is 4.40. The molecule has 0 spiro atoms. The molecule has 0 bridgehead atoms. The number of hydrogen-bond acceptors (Lipinski definition) is 2. The number of carbonyl (C=O) groups excluding carboxylic acids is 1. The molecule has 1 fully saturated rings. The Morgan fingerprint density at radius 1 is 1.15 bits per heavy atom. The average Bonchev–Trinajstić information content (AvgIpc) is 2.64. The van der Waals surface area contributed by atoms with E-state index in [1.54, 1.807) is 30.3 Å². The molecule has 2 atom stereocenters. The summed E-state index contributed by atoms with van der Waals surface area (Å²) in [6.45, 7) is 0.481. The molecular weight excluding hydrogens is 394 g/mol. The fourth-order valence-corrected chi connectivity index (χ4v) is 3.55. The first-order valence-corrected chi connectivity index (χ1v) is 9.10. The van der Waals surface area contributed by atoms with Gasteiger partial charge < -0.3 is 15.3 Å². The van der Waals surface area contributed by atoms with Crippen LogP contribution in [0.1, 0.15) is 28.3 Å². The fourth-order valence-electron chi connectivity index (χ4n) is 3.23. The molecule has 0 radical (unpaired) electrons. The van der Waals surface area contributed by atoms with Gasteiger partial charge >= 0.3 is 6.09 Å². The number of benzene rings is 2. The highest BCUT2D eigenvalue weighted by molar-refractivity contribution is 6.31. The van der Waals surface area contributed by atoms with E-state index in [1.165, 1.54) is 17.0 Å². The molecule has 27 heavy (non-hydrogen) atoms. The van der Waals surface area contributed by atoms with Crippen molar-refractivity contribution in [2.45, 2.75) is 18.4 Å². The summed E-state index contributed by atoms with van der Waals surface area (Å²) >= 11 is 11.7. The number of nitrogens with one attached hydrogen (secondary N) is 1. The summed E-state index contributed by atoms with van der Waals surface area (Å²) in [6.07, 6.45) is -0.596. The maximum atomic E-state index is 13.5. The molecule has 142 valence electrons. The van der Waals surface area contributed by atoms with E-state index >= 15 is 0 Å². The van der Waals surface area contributed by atoms with Crippen molar-refractivity contribution in [3.05, 3.63) is 69.5 Å². The van der Waals surface area contributed by atoms with Gasteiger partial charge in [-0.25, -0.2) is 9.18 Å². The second kappa shape index (κ2) is 8.15. The Bertz CT molecular complexity index is 861. The van der Waals surface area contributed by atoms with Crippen molar-refractivity contribution in [1.29, 1.82) is 0 Å². The molecule has 2 amide bonds. The minimum Gasteiger partial charge on any atom is -0.465 e. The van der Waals surface area contributed by atoms with Crippen molar-refractivity contribution in [2.24, 2.45) is 0 Å². The molecule has 2 aromatic carbocycles. The SMILES string of the molecule is O=C(N[C@@H]1CCN(C(=O)O)C[C@H]1c1ccc(F)c(Cl)c1)c1ccc(Cl)cc1. The maximum absolute atomic E-state index is 13.5. The van der Waals surface area contributed by atoms with Gasteiger partial charge in [0.25, 0.3) is 5.91 Å². The number of carboxylic acid groups (broad SMARTS) is 1. The van der Waals surface area contributed by atoms with Gasteiger partial charge in [-0.15, -0.1) is 0 Å². The van der Waals surface area contributed by atoms with Crippen LogP contribution >= 0.6 is 23.2 Å². The van der Waals surface area contributed by atoms with E-state index in [1.807, 2.05) is 0 Å². The van der Waals surface area contributed by atoms with Gasteiger partial charge in [0.1, 0.15) is 5.82 Å². The molecule has 2 N–H and O–H groups in total. The molecule has 1 aliphatic heterocycles. The summed E-state index contributed by atoms with van der Waals surface area (Å²) < 4.78 is 13.5. The number of piperidine rings is 1. The maximum Gasteiger partial charge on any atom is 0.407 e. The topological polar surface area (TPSA) is 69.6 Å². The fraction of sp³-hybridized carbons (Fsp3) is 0.263. The third-order valence-corrected chi connectivity index (χ3v) is 5.22. The molecule has 5 nitrogen and oxygen atoms in total. The number of likely N-dealkylation sites (tertiary alicyclic amines) is 1. The Hall–Kier alpha value is -2.31. The molecule has 0 aliphatic carbocycles. The normalized spacial score (nSPS) is 19.6. The highest BCUT2D eigenvalue weighted by Crippen LogP contribution is 2.30. The number of hydrogen-bond donors (Lipinski definition) is 2.